The molecule has 1 aromatic carbocycles. The summed E-state index contributed by atoms with van der Waals surface area (Å²) >= 11 is 12.2. The van der Waals surface area contributed by atoms with Gasteiger partial charge in [-0.15, -0.1) is 0 Å². The van der Waals surface area contributed by atoms with Gasteiger partial charge in [-0.1, -0.05) is 29.3 Å². The fraction of sp³-hybridized carbons (Fsp3) is 0.538. The largest absolute Gasteiger partial charge is 0.376 e. The predicted octanol–water partition coefficient (Wildman–Crippen LogP) is 3.82. The fourth-order valence-corrected chi connectivity index (χ4v) is 2.85. The van der Waals surface area contributed by atoms with Gasteiger partial charge >= 0.3 is 0 Å². The molecule has 4 heteroatoms. The maximum absolute atomic E-state index is 6.24. The Labute approximate surface area is 112 Å². The molecule has 0 amide bonds. The summed E-state index contributed by atoms with van der Waals surface area (Å²) < 4.78 is 5.82. The van der Waals surface area contributed by atoms with Gasteiger partial charge in [-0.2, -0.15) is 0 Å². The Hall–Kier alpha value is -0.280. The molecule has 1 aliphatic heterocycles. The molecule has 1 heterocycles. The second-order valence-corrected chi connectivity index (χ2v) is 5.18. The second kappa shape index (κ2) is 6.05. The first-order valence-electron chi connectivity index (χ1n) is 5.96. The Morgan fingerprint density at radius 3 is 2.76 bits per heavy atom. The highest BCUT2D eigenvalue weighted by molar-refractivity contribution is 6.35. The Balaban J connectivity index is 2.21. The molecule has 94 valence electrons. The zero-order valence-corrected chi connectivity index (χ0v) is 11.4. The van der Waals surface area contributed by atoms with Gasteiger partial charge in [-0.3, -0.25) is 0 Å². The topological polar surface area (TPSA) is 21.3 Å². The molecular formula is C13H17Cl2NO. The highest BCUT2D eigenvalue weighted by atomic mass is 35.5. The summed E-state index contributed by atoms with van der Waals surface area (Å²) in [6.07, 6.45) is 3.65. The van der Waals surface area contributed by atoms with Gasteiger partial charge in [0.25, 0.3) is 0 Å². The van der Waals surface area contributed by atoms with Gasteiger partial charge in [0.1, 0.15) is 0 Å². The van der Waals surface area contributed by atoms with Crippen LogP contribution in [0.25, 0.3) is 0 Å². The van der Waals surface area contributed by atoms with E-state index in [9.17, 15) is 0 Å². The first-order chi connectivity index (χ1) is 8.22. The minimum atomic E-state index is 0.139. The summed E-state index contributed by atoms with van der Waals surface area (Å²) in [5.74, 6) is 0. The van der Waals surface area contributed by atoms with E-state index in [-0.39, 0.29) is 12.1 Å². The molecule has 0 spiro atoms. The summed E-state index contributed by atoms with van der Waals surface area (Å²) in [7, 11) is 1.94. The Morgan fingerprint density at radius 1 is 1.35 bits per heavy atom. The average molecular weight is 274 g/mol. The number of halogens is 2. The lowest BCUT2D eigenvalue weighted by molar-refractivity contribution is -0.00660. The minimum Gasteiger partial charge on any atom is -0.376 e. The number of hydrogen-bond acceptors (Lipinski definition) is 2. The Morgan fingerprint density at radius 2 is 2.18 bits per heavy atom. The lowest BCUT2D eigenvalue weighted by atomic mass is 9.96. The van der Waals surface area contributed by atoms with Crippen molar-refractivity contribution >= 4 is 23.2 Å². The molecule has 2 rings (SSSR count). The van der Waals surface area contributed by atoms with Crippen LogP contribution in [0.5, 0.6) is 0 Å². The molecule has 0 radical (unpaired) electrons. The lowest BCUT2D eigenvalue weighted by Gasteiger charge is -2.31. The summed E-state index contributed by atoms with van der Waals surface area (Å²) in [4.78, 5) is 0. The van der Waals surface area contributed by atoms with Gasteiger partial charge in [0, 0.05) is 16.7 Å². The molecular weight excluding hydrogens is 257 g/mol. The van der Waals surface area contributed by atoms with Crippen LogP contribution in [0.3, 0.4) is 0 Å². The molecule has 17 heavy (non-hydrogen) atoms. The van der Waals surface area contributed by atoms with E-state index in [0.29, 0.717) is 10.0 Å². The molecule has 1 saturated heterocycles. The van der Waals surface area contributed by atoms with Gasteiger partial charge < -0.3 is 10.1 Å². The lowest BCUT2D eigenvalue weighted by Crippen LogP contribution is -2.34. The summed E-state index contributed by atoms with van der Waals surface area (Å²) in [6.45, 7) is 0.841. The summed E-state index contributed by atoms with van der Waals surface area (Å²) in [5.41, 5.74) is 1.06. The van der Waals surface area contributed by atoms with Crippen LogP contribution in [0.15, 0.2) is 18.2 Å². The number of ether oxygens (including phenoxy) is 1. The highest BCUT2D eigenvalue weighted by Gasteiger charge is 2.26. The normalized spacial score (nSPS) is 22.4. The van der Waals surface area contributed by atoms with Crippen LogP contribution in [0.2, 0.25) is 10.0 Å². The van der Waals surface area contributed by atoms with E-state index in [1.165, 1.54) is 6.42 Å². The number of nitrogens with one attached hydrogen (secondary N) is 1. The van der Waals surface area contributed by atoms with Crippen LogP contribution in [-0.4, -0.2) is 19.8 Å². The van der Waals surface area contributed by atoms with Crippen LogP contribution in [-0.2, 0) is 4.74 Å². The molecule has 2 unspecified atom stereocenters. The molecule has 1 N–H and O–H groups in total. The highest BCUT2D eigenvalue weighted by Crippen LogP contribution is 2.32. The zero-order chi connectivity index (χ0) is 12.3. The Bertz CT molecular complexity index is 378. The van der Waals surface area contributed by atoms with E-state index in [4.69, 9.17) is 27.9 Å². The van der Waals surface area contributed by atoms with Crippen molar-refractivity contribution in [3.05, 3.63) is 33.8 Å². The quantitative estimate of drug-likeness (QED) is 0.904. The van der Waals surface area contributed by atoms with Crippen LogP contribution >= 0.6 is 23.2 Å². The van der Waals surface area contributed by atoms with Crippen LogP contribution < -0.4 is 5.32 Å². The zero-order valence-electron chi connectivity index (χ0n) is 9.88. The number of hydrogen-bond donors (Lipinski definition) is 1. The average Bonchev–Trinajstić information content (AvgIpc) is 2.34. The monoisotopic (exact) mass is 273 g/mol. The van der Waals surface area contributed by atoms with Crippen molar-refractivity contribution in [2.75, 3.05) is 13.7 Å². The third-order valence-electron chi connectivity index (χ3n) is 3.20. The van der Waals surface area contributed by atoms with Gasteiger partial charge in [-0.25, -0.2) is 0 Å². The van der Waals surface area contributed by atoms with E-state index in [1.807, 2.05) is 19.2 Å². The molecule has 1 fully saturated rings. The summed E-state index contributed by atoms with van der Waals surface area (Å²) in [5, 5.41) is 4.66. The molecule has 2 nitrogen and oxygen atoms in total. The van der Waals surface area contributed by atoms with Crippen molar-refractivity contribution in [3.8, 4) is 0 Å². The molecule has 0 bridgehead atoms. The van der Waals surface area contributed by atoms with Gasteiger partial charge in [0.05, 0.1) is 12.1 Å². The smallest absolute Gasteiger partial charge is 0.0770 e. The van der Waals surface area contributed by atoms with E-state index in [0.717, 1.165) is 25.0 Å². The van der Waals surface area contributed by atoms with Crippen molar-refractivity contribution in [3.63, 3.8) is 0 Å². The van der Waals surface area contributed by atoms with Crippen molar-refractivity contribution < 1.29 is 4.74 Å². The molecule has 0 saturated carbocycles. The third-order valence-corrected chi connectivity index (χ3v) is 3.76. The summed E-state index contributed by atoms with van der Waals surface area (Å²) in [6, 6.07) is 5.77. The van der Waals surface area contributed by atoms with Crippen molar-refractivity contribution in [1.82, 2.24) is 5.32 Å². The maximum Gasteiger partial charge on any atom is 0.0770 e. The van der Waals surface area contributed by atoms with E-state index in [1.54, 1.807) is 6.07 Å². The van der Waals surface area contributed by atoms with Gasteiger partial charge in [0.15, 0.2) is 0 Å². The molecule has 1 aromatic rings. The van der Waals surface area contributed by atoms with E-state index < -0.39 is 0 Å². The van der Waals surface area contributed by atoms with E-state index in [2.05, 4.69) is 5.32 Å². The number of rotatable bonds is 3. The van der Waals surface area contributed by atoms with Crippen molar-refractivity contribution in [2.45, 2.75) is 31.4 Å². The Kier molecular flexibility index (Phi) is 4.69. The van der Waals surface area contributed by atoms with Gasteiger partial charge in [-0.05, 0) is 44.0 Å². The van der Waals surface area contributed by atoms with Crippen LogP contribution in [0.1, 0.15) is 30.9 Å². The first kappa shape index (κ1) is 13.2. The predicted molar refractivity (Wildman–Crippen MR) is 71.9 cm³/mol. The molecule has 2 atom stereocenters. The fourth-order valence-electron chi connectivity index (χ4n) is 2.32. The number of likely N-dealkylation sites (N-methyl/N-ethyl adjacent to an activating group) is 1. The van der Waals surface area contributed by atoms with Crippen LogP contribution in [0, 0.1) is 0 Å². The molecule has 0 aliphatic carbocycles. The van der Waals surface area contributed by atoms with Crippen molar-refractivity contribution in [1.29, 1.82) is 0 Å². The first-order valence-corrected chi connectivity index (χ1v) is 6.72. The minimum absolute atomic E-state index is 0.139. The third kappa shape index (κ3) is 3.14. The molecule has 0 aromatic heterocycles. The molecule has 1 aliphatic rings. The van der Waals surface area contributed by atoms with E-state index >= 15 is 0 Å². The number of benzene rings is 1. The van der Waals surface area contributed by atoms with Gasteiger partial charge in [0.2, 0.25) is 0 Å². The maximum atomic E-state index is 6.24. The van der Waals surface area contributed by atoms with Crippen molar-refractivity contribution in [2.24, 2.45) is 0 Å². The SMILES string of the molecule is CNC(c1ccc(Cl)cc1Cl)C1CCCCO1. The second-order valence-electron chi connectivity index (χ2n) is 4.34. The standard InChI is InChI=1S/C13H17Cl2NO/c1-16-13(12-4-2-3-7-17-12)10-6-5-9(14)8-11(10)15/h5-6,8,12-13,16H,2-4,7H2,1H3. The van der Waals surface area contributed by atoms with Crippen LogP contribution in [0.4, 0.5) is 0 Å².